The van der Waals surface area contributed by atoms with Crippen molar-refractivity contribution >= 4 is 96.8 Å². The highest BCUT2D eigenvalue weighted by Gasteiger charge is 2.08. The number of aromatic nitrogens is 6. The molecule has 6 rings (SSSR count). The summed E-state index contributed by atoms with van der Waals surface area (Å²) in [6.45, 7) is 2.94. The van der Waals surface area contributed by atoms with Gasteiger partial charge in [0.25, 0.3) is 0 Å². The lowest BCUT2D eigenvalue weighted by Gasteiger charge is -2.14. The first-order chi connectivity index (χ1) is 21.4. The van der Waals surface area contributed by atoms with Crippen LogP contribution < -0.4 is 15.1 Å². The first-order valence-electron chi connectivity index (χ1n) is 13.4. The number of carbonyl (C=O) groups excluding carboxylic acids is 2. The zero-order valence-electron chi connectivity index (χ0n) is 25.0. The second-order valence-electron chi connectivity index (χ2n) is 9.78. The molecule has 0 aliphatic rings. The molecule has 2 amide bonds. The third-order valence-corrected chi connectivity index (χ3v) is 6.81. The summed E-state index contributed by atoms with van der Waals surface area (Å²) in [5.41, 5.74) is 6.86. The molecule has 14 heteroatoms. The first-order valence-corrected chi connectivity index (χ1v) is 14.5. The van der Waals surface area contributed by atoms with Crippen LogP contribution in [0.3, 0.4) is 0 Å². The number of anilines is 3. The monoisotopic (exact) mass is 663 g/mol. The van der Waals surface area contributed by atoms with E-state index in [0.717, 1.165) is 27.8 Å². The molecule has 0 bridgehead atoms. The summed E-state index contributed by atoms with van der Waals surface area (Å²) in [5, 5.41) is 3.95. The minimum absolute atomic E-state index is 0.0526. The van der Waals surface area contributed by atoms with E-state index in [0.29, 0.717) is 37.9 Å². The van der Waals surface area contributed by atoms with Gasteiger partial charge in [0.15, 0.2) is 0 Å². The first kappa shape index (κ1) is 33.2. The Morgan fingerprint density at radius 2 is 1.02 bits per heavy atom. The van der Waals surface area contributed by atoms with Crippen molar-refractivity contribution < 1.29 is 9.59 Å². The largest absolute Gasteiger partial charge is 0.376 e. The second kappa shape index (κ2) is 14.8. The van der Waals surface area contributed by atoms with Crippen molar-refractivity contribution in [2.24, 2.45) is 0 Å². The van der Waals surface area contributed by atoms with Crippen LogP contribution in [0.5, 0.6) is 0 Å². The quantitative estimate of drug-likeness (QED) is 0.202. The Morgan fingerprint density at radius 1 is 0.600 bits per heavy atom. The van der Waals surface area contributed by atoms with Crippen LogP contribution in [-0.2, 0) is 9.59 Å². The van der Waals surface area contributed by atoms with E-state index in [4.69, 9.17) is 34.8 Å². The molecular formula is C31H28Cl3N9O2. The van der Waals surface area contributed by atoms with Crippen molar-refractivity contribution in [1.29, 1.82) is 0 Å². The normalized spacial score (nSPS) is 10.4. The lowest BCUT2D eigenvalue weighted by Crippen LogP contribution is -2.22. The number of nitrogens with zero attached hydrogens (tertiary/aromatic N) is 8. The van der Waals surface area contributed by atoms with Gasteiger partial charge in [-0.3, -0.25) is 24.5 Å². The van der Waals surface area contributed by atoms with Crippen molar-refractivity contribution in [2.45, 2.75) is 13.8 Å². The molecule has 0 atom stereocenters. The SMILES string of the molecule is CC(=O)N(C)c1cnc2ccc(Cl)nc2c1.CC(=O)Nc1cnc2ccc(Cl)nc2c1.CN(C)c1cnc2ccc(Cl)nc2c1. The van der Waals surface area contributed by atoms with E-state index in [2.05, 4.69) is 35.2 Å². The van der Waals surface area contributed by atoms with Gasteiger partial charge in [-0.2, -0.15) is 0 Å². The second-order valence-corrected chi connectivity index (χ2v) is 10.9. The van der Waals surface area contributed by atoms with Gasteiger partial charge in [-0.05, 0) is 54.6 Å². The van der Waals surface area contributed by atoms with Gasteiger partial charge in [0, 0.05) is 35.0 Å². The Labute approximate surface area is 274 Å². The maximum absolute atomic E-state index is 11.2. The molecule has 0 aliphatic carbocycles. The molecule has 6 heterocycles. The van der Waals surface area contributed by atoms with Gasteiger partial charge in [0.05, 0.1) is 68.8 Å². The van der Waals surface area contributed by atoms with Crippen molar-refractivity contribution in [1.82, 2.24) is 29.9 Å². The number of halogens is 3. The van der Waals surface area contributed by atoms with E-state index in [9.17, 15) is 9.59 Å². The van der Waals surface area contributed by atoms with Crippen molar-refractivity contribution in [3.63, 3.8) is 0 Å². The highest BCUT2D eigenvalue weighted by Crippen LogP contribution is 2.20. The number of rotatable bonds is 3. The van der Waals surface area contributed by atoms with Gasteiger partial charge in [-0.15, -0.1) is 0 Å². The molecular weight excluding hydrogens is 637 g/mol. The van der Waals surface area contributed by atoms with Crippen LogP contribution in [0, 0.1) is 0 Å². The third-order valence-electron chi connectivity index (χ3n) is 6.18. The highest BCUT2D eigenvalue weighted by atomic mass is 35.5. The average Bonchev–Trinajstić information content (AvgIpc) is 3.00. The van der Waals surface area contributed by atoms with Gasteiger partial charge in [-0.1, -0.05) is 34.8 Å². The molecule has 0 saturated carbocycles. The fourth-order valence-electron chi connectivity index (χ4n) is 3.81. The number of nitrogens with one attached hydrogen (secondary N) is 1. The standard InChI is InChI=1S/C11H10ClN3O.C10H8ClN3O.C10H10ClN3/c1-7(16)15(2)8-5-10-9(13-6-8)3-4-11(12)14-10;1-6(15)13-7-4-9-8(12-5-7)2-3-10(11)14-9;1-14(2)7-5-9-8(12-6-7)3-4-10(11)13-9/h3-6H,1-2H3;2-5H,1H3,(H,13,15);3-6H,1-2H3. The number of hydrogen-bond donors (Lipinski definition) is 1. The summed E-state index contributed by atoms with van der Waals surface area (Å²) in [6.07, 6.45) is 5.04. The smallest absolute Gasteiger partial charge is 0.223 e. The Balaban J connectivity index is 0.000000154. The molecule has 0 saturated heterocycles. The maximum Gasteiger partial charge on any atom is 0.223 e. The van der Waals surface area contributed by atoms with E-state index >= 15 is 0 Å². The van der Waals surface area contributed by atoms with E-state index < -0.39 is 0 Å². The lowest BCUT2D eigenvalue weighted by atomic mass is 10.3. The predicted octanol–water partition coefficient (Wildman–Crippen LogP) is 6.86. The van der Waals surface area contributed by atoms with Gasteiger partial charge in [0.1, 0.15) is 15.5 Å². The molecule has 0 aliphatic heterocycles. The number of pyridine rings is 6. The van der Waals surface area contributed by atoms with E-state index in [1.807, 2.05) is 37.3 Å². The summed E-state index contributed by atoms with van der Waals surface area (Å²) < 4.78 is 0. The molecule has 0 fully saturated rings. The Morgan fingerprint density at radius 3 is 1.47 bits per heavy atom. The molecule has 0 radical (unpaired) electrons. The van der Waals surface area contributed by atoms with Crippen LogP contribution in [-0.4, -0.2) is 62.9 Å². The molecule has 230 valence electrons. The summed E-state index contributed by atoms with van der Waals surface area (Å²) in [7, 11) is 5.62. The Bertz CT molecular complexity index is 2010. The van der Waals surface area contributed by atoms with Gasteiger partial charge in [-0.25, -0.2) is 15.0 Å². The molecule has 0 aromatic carbocycles. The minimum Gasteiger partial charge on any atom is -0.376 e. The zero-order valence-corrected chi connectivity index (χ0v) is 27.2. The average molecular weight is 665 g/mol. The van der Waals surface area contributed by atoms with Crippen molar-refractivity contribution in [2.75, 3.05) is 36.3 Å². The molecule has 6 aromatic rings. The van der Waals surface area contributed by atoms with Crippen LogP contribution in [0.2, 0.25) is 15.5 Å². The number of carbonyl (C=O) groups is 2. The Kier molecular flexibility index (Phi) is 10.9. The van der Waals surface area contributed by atoms with Crippen molar-refractivity contribution in [3.05, 3.63) is 88.6 Å². The topological polar surface area (TPSA) is 130 Å². The Hall–Kier alpha value is -4.71. The molecule has 1 N–H and O–H groups in total. The van der Waals surface area contributed by atoms with E-state index in [-0.39, 0.29) is 11.8 Å². The number of fused-ring (bicyclic) bond motifs is 3. The predicted molar refractivity (Wildman–Crippen MR) is 181 cm³/mol. The summed E-state index contributed by atoms with van der Waals surface area (Å²) >= 11 is 17.3. The van der Waals surface area contributed by atoms with Crippen LogP contribution in [0.15, 0.2) is 73.2 Å². The third kappa shape index (κ3) is 9.15. The van der Waals surface area contributed by atoms with Crippen molar-refractivity contribution in [3.8, 4) is 0 Å². The summed E-state index contributed by atoms with van der Waals surface area (Å²) in [4.78, 5) is 50.6. The van der Waals surface area contributed by atoms with Gasteiger partial charge >= 0.3 is 0 Å². The molecule has 11 nitrogen and oxygen atoms in total. The lowest BCUT2D eigenvalue weighted by molar-refractivity contribution is -0.116. The van der Waals surface area contributed by atoms with Crippen LogP contribution in [0.25, 0.3) is 33.1 Å². The van der Waals surface area contributed by atoms with Gasteiger partial charge in [0.2, 0.25) is 11.8 Å². The summed E-state index contributed by atoms with van der Waals surface area (Å²) in [5.74, 6) is -0.193. The fraction of sp³-hybridized carbons (Fsp3) is 0.161. The fourth-order valence-corrected chi connectivity index (χ4v) is 4.27. The highest BCUT2D eigenvalue weighted by molar-refractivity contribution is 6.30. The van der Waals surface area contributed by atoms with Crippen LogP contribution in [0.1, 0.15) is 13.8 Å². The van der Waals surface area contributed by atoms with Crippen LogP contribution >= 0.6 is 34.8 Å². The number of amides is 2. The molecule has 0 unspecified atom stereocenters. The zero-order chi connectivity index (χ0) is 32.7. The number of hydrogen-bond acceptors (Lipinski definition) is 9. The van der Waals surface area contributed by atoms with Gasteiger partial charge < -0.3 is 15.1 Å². The molecule has 0 spiro atoms. The van der Waals surface area contributed by atoms with E-state index in [1.165, 1.54) is 18.7 Å². The maximum atomic E-state index is 11.2. The van der Waals surface area contributed by atoms with E-state index in [1.54, 1.807) is 61.9 Å². The minimum atomic E-state index is -0.141. The summed E-state index contributed by atoms with van der Waals surface area (Å²) in [6, 6.07) is 16.0. The molecule has 6 aromatic heterocycles. The van der Waals surface area contributed by atoms with Crippen LogP contribution in [0.4, 0.5) is 17.1 Å². The molecule has 45 heavy (non-hydrogen) atoms.